The smallest absolute Gasteiger partial charge is 0.491 e. The van der Waals surface area contributed by atoms with Gasteiger partial charge in [-0.1, -0.05) is 11.8 Å². The van der Waals surface area contributed by atoms with Crippen LogP contribution in [-0.2, 0) is 6.54 Å². The second-order valence-electron chi connectivity index (χ2n) is 6.77. The highest BCUT2D eigenvalue weighted by Gasteiger charge is 2.31. The second kappa shape index (κ2) is 8.98. The maximum absolute atomic E-state index is 13.1. The number of ether oxygens (including phenoxy) is 2. The lowest BCUT2D eigenvalue weighted by Crippen LogP contribution is -2.32. The fraction of sp³-hybridized carbons (Fsp3) is 0.174. The summed E-state index contributed by atoms with van der Waals surface area (Å²) in [5.74, 6) is 6.24. The van der Waals surface area contributed by atoms with Crippen LogP contribution in [-0.4, -0.2) is 40.3 Å². The monoisotopic (exact) mass is 439 g/mol. The molecule has 6 nitrogen and oxygen atoms in total. The zero-order valence-electron chi connectivity index (χ0n) is 16.6. The Morgan fingerprint density at radius 2 is 1.72 bits per heavy atom. The van der Waals surface area contributed by atoms with Crippen LogP contribution in [0.5, 0.6) is 11.5 Å². The van der Waals surface area contributed by atoms with Crippen LogP contribution in [0.15, 0.2) is 60.9 Å². The summed E-state index contributed by atoms with van der Waals surface area (Å²) in [5, 5.41) is 0. The number of carbonyl (C=O) groups is 1. The molecule has 0 spiro atoms. The van der Waals surface area contributed by atoms with E-state index < -0.39 is 6.36 Å². The number of carbonyl (C=O) groups excluding carboxylic acids is 1. The third-order valence-electron chi connectivity index (χ3n) is 4.51. The van der Waals surface area contributed by atoms with Crippen LogP contribution in [0.2, 0.25) is 0 Å². The van der Waals surface area contributed by atoms with Gasteiger partial charge in [0.05, 0.1) is 18.7 Å². The topological polar surface area (TPSA) is 64.6 Å². The molecule has 0 bridgehead atoms. The quantitative estimate of drug-likeness (QED) is 0.581. The lowest BCUT2D eigenvalue weighted by molar-refractivity contribution is -0.274. The van der Waals surface area contributed by atoms with Crippen molar-refractivity contribution in [3.63, 3.8) is 0 Å². The van der Waals surface area contributed by atoms with E-state index in [9.17, 15) is 18.0 Å². The minimum absolute atomic E-state index is 0.220. The summed E-state index contributed by atoms with van der Waals surface area (Å²) in [6, 6.07) is 12.0. The summed E-state index contributed by atoms with van der Waals surface area (Å²) >= 11 is 0. The molecule has 2 heterocycles. The van der Waals surface area contributed by atoms with Crippen LogP contribution in [0.4, 0.5) is 13.2 Å². The Bertz CT molecular complexity index is 1170. The normalized spacial score (nSPS) is 13.3. The first kappa shape index (κ1) is 21.2. The predicted octanol–water partition coefficient (Wildman–Crippen LogP) is 3.81. The Morgan fingerprint density at radius 3 is 2.44 bits per heavy atom. The van der Waals surface area contributed by atoms with Crippen molar-refractivity contribution in [3.8, 4) is 23.3 Å². The van der Waals surface area contributed by atoms with Gasteiger partial charge < -0.3 is 14.4 Å². The van der Waals surface area contributed by atoms with Gasteiger partial charge in [-0.3, -0.25) is 4.79 Å². The molecule has 3 aromatic rings. The predicted molar refractivity (Wildman–Crippen MR) is 108 cm³/mol. The SMILES string of the molecule is O=C1c2cc(C#Cc3ccc(OC(F)(F)F)cc3)ccc2OCCN1Cc1ncccn1. The highest BCUT2D eigenvalue weighted by Crippen LogP contribution is 2.25. The van der Waals surface area contributed by atoms with E-state index in [4.69, 9.17) is 4.74 Å². The van der Waals surface area contributed by atoms with E-state index >= 15 is 0 Å². The maximum atomic E-state index is 13.1. The number of benzene rings is 2. The van der Waals surface area contributed by atoms with Crippen LogP contribution in [0, 0.1) is 11.8 Å². The summed E-state index contributed by atoms with van der Waals surface area (Å²) < 4.78 is 46.3. The molecular weight excluding hydrogens is 423 g/mol. The first-order chi connectivity index (χ1) is 15.4. The number of halogens is 3. The van der Waals surface area contributed by atoms with E-state index in [1.54, 1.807) is 41.6 Å². The van der Waals surface area contributed by atoms with Gasteiger partial charge in [0.15, 0.2) is 0 Å². The Labute approximate surface area is 181 Å². The lowest BCUT2D eigenvalue weighted by Gasteiger charge is -2.18. The van der Waals surface area contributed by atoms with Gasteiger partial charge in [-0.05, 0) is 48.5 Å². The van der Waals surface area contributed by atoms with Crippen LogP contribution in [0.3, 0.4) is 0 Å². The molecule has 0 fully saturated rings. The zero-order valence-corrected chi connectivity index (χ0v) is 16.6. The van der Waals surface area contributed by atoms with Crippen LogP contribution in [0.25, 0.3) is 0 Å². The van der Waals surface area contributed by atoms with E-state index in [0.717, 1.165) is 0 Å². The highest BCUT2D eigenvalue weighted by molar-refractivity contribution is 5.97. The maximum Gasteiger partial charge on any atom is 0.573 e. The van der Waals surface area contributed by atoms with E-state index in [1.165, 1.54) is 24.3 Å². The van der Waals surface area contributed by atoms with E-state index in [-0.39, 0.29) is 18.2 Å². The molecule has 1 amide bonds. The molecule has 0 saturated heterocycles. The second-order valence-corrected chi connectivity index (χ2v) is 6.77. The minimum Gasteiger partial charge on any atom is -0.491 e. The van der Waals surface area contributed by atoms with Crippen LogP contribution >= 0.6 is 0 Å². The summed E-state index contributed by atoms with van der Waals surface area (Å²) in [6.07, 6.45) is -1.51. The van der Waals surface area contributed by atoms with Crippen LogP contribution < -0.4 is 9.47 Å². The number of amides is 1. The molecule has 2 aromatic carbocycles. The lowest BCUT2D eigenvalue weighted by atomic mass is 10.1. The van der Waals surface area contributed by atoms with E-state index in [0.29, 0.717) is 41.4 Å². The van der Waals surface area contributed by atoms with Gasteiger partial charge in [0.1, 0.15) is 23.9 Å². The molecule has 0 saturated carbocycles. The van der Waals surface area contributed by atoms with Crippen molar-refractivity contribution in [3.05, 3.63) is 83.4 Å². The van der Waals surface area contributed by atoms with Gasteiger partial charge in [0.25, 0.3) is 5.91 Å². The number of rotatable bonds is 3. The number of hydrogen-bond acceptors (Lipinski definition) is 5. The fourth-order valence-corrected chi connectivity index (χ4v) is 3.06. The molecule has 0 radical (unpaired) electrons. The van der Waals surface area contributed by atoms with Crippen LogP contribution in [0.1, 0.15) is 27.3 Å². The summed E-state index contributed by atoms with van der Waals surface area (Å²) in [6.45, 7) is 0.979. The van der Waals surface area contributed by atoms with Crippen molar-refractivity contribution in [1.82, 2.24) is 14.9 Å². The van der Waals surface area contributed by atoms with Crippen molar-refractivity contribution >= 4 is 5.91 Å². The van der Waals surface area contributed by atoms with Gasteiger partial charge in [-0.2, -0.15) is 0 Å². The molecule has 4 rings (SSSR count). The molecule has 1 aromatic heterocycles. The summed E-state index contributed by atoms with van der Waals surface area (Å²) in [4.78, 5) is 23.0. The minimum atomic E-state index is -4.75. The van der Waals surface area contributed by atoms with Gasteiger partial charge >= 0.3 is 6.36 Å². The van der Waals surface area contributed by atoms with Gasteiger partial charge in [0, 0.05) is 23.5 Å². The number of alkyl halides is 3. The third-order valence-corrected chi connectivity index (χ3v) is 4.51. The third kappa shape index (κ3) is 5.35. The van der Waals surface area contributed by atoms with Crippen molar-refractivity contribution in [1.29, 1.82) is 0 Å². The number of hydrogen-bond donors (Lipinski definition) is 0. The first-order valence-corrected chi connectivity index (χ1v) is 9.57. The molecule has 1 aliphatic heterocycles. The molecular formula is C23H16F3N3O3. The number of aromatic nitrogens is 2. The largest absolute Gasteiger partial charge is 0.573 e. The highest BCUT2D eigenvalue weighted by atomic mass is 19.4. The number of nitrogens with zero attached hydrogens (tertiary/aromatic N) is 3. The Hall–Kier alpha value is -4.06. The molecule has 162 valence electrons. The Balaban J connectivity index is 1.52. The number of fused-ring (bicyclic) bond motifs is 1. The summed E-state index contributed by atoms with van der Waals surface area (Å²) in [7, 11) is 0. The molecule has 0 atom stereocenters. The average molecular weight is 439 g/mol. The van der Waals surface area contributed by atoms with Gasteiger partial charge in [-0.15, -0.1) is 13.2 Å². The molecule has 0 N–H and O–H groups in total. The Kier molecular flexibility index (Phi) is 5.94. The zero-order chi connectivity index (χ0) is 22.6. The molecule has 1 aliphatic rings. The van der Waals surface area contributed by atoms with Crippen molar-refractivity contribution < 1.29 is 27.4 Å². The van der Waals surface area contributed by atoms with Gasteiger partial charge in [0.2, 0.25) is 0 Å². The van der Waals surface area contributed by atoms with Crippen molar-refractivity contribution in [2.45, 2.75) is 12.9 Å². The van der Waals surface area contributed by atoms with Gasteiger partial charge in [-0.25, -0.2) is 9.97 Å². The molecule has 32 heavy (non-hydrogen) atoms. The van der Waals surface area contributed by atoms with Crippen molar-refractivity contribution in [2.75, 3.05) is 13.2 Å². The molecule has 0 aliphatic carbocycles. The summed E-state index contributed by atoms with van der Waals surface area (Å²) in [5.41, 5.74) is 1.44. The fourth-order valence-electron chi connectivity index (χ4n) is 3.06. The van der Waals surface area contributed by atoms with Crippen molar-refractivity contribution in [2.24, 2.45) is 0 Å². The Morgan fingerprint density at radius 1 is 1.03 bits per heavy atom. The van der Waals surface area contributed by atoms with E-state index in [2.05, 4.69) is 26.5 Å². The molecule has 0 unspecified atom stereocenters. The van der Waals surface area contributed by atoms with E-state index in [1.807, 2.05) is 0 Å². The first-order valence-electron chi connectivity index (χ1n) is 9.57. The standard InChI is InChI=1S/C23H16F3N3O3/c24-23(25,26)32-18-7-4-16(5-8-18)2-3-17-6-9-20-19(14-17)22(30)29(12-13-31-20)15-21-27-10-1-11-28-21/h1,4-11,14H,12-13,15H2. The average Bonchev–Trinajstić information content (AvgIpc) is 2.92. The molecule has 9 heteroatoms.